The average Bonchev–Trinajstić information content (AvgIpc) is 3.36. The first kappa shape index (κ1) is 19.3. The highest BCUT2D eigenvalue weighted by molar-refractivity contribution is 5.79. The van der Waals surface area contributed by atoms with Gasteiger partial charge in [-0.2, -0.15) is 0 Å². The van der Waals surface area contributed by atoms with Crippen LogP contribution in [0.25, 0.3) is 11.3 Å². The van der Waals surface area contributed by atoms with Crippen LogP contribution >= 0.6 is 0 Å². The summed E-state index contributed by atoms with van der Waals surface area (Å²) in [5.41, 5.74) is 1.50. The molecule has 0 spiro atoms. The molecule has 1 aliphatic rings. The Labute approximate surface area is 160 Å². The Hall–Kier alpha value is -2.50. The molecule has 1 aromatic carbocycles. The number of amides is 1. The second kappa shape index (κ2) is 8.46. The number of rotatable bonds is 7. The molecular weight excluding hydrogens is 344 g/mol. The van der Waals surface area contributed by atoms with Gasteiger partial charge < -0.3 is 18.9 Å². The maximum atomic E-state index is 12.9. The minimum absolute atomic E-state index is 0.115. The first-order chi connectivity index (χ1) is 13.0. The van der Waals surface area contributed by atoms with Crippen LogP contribution in [-0.2, 0) is 11.3 Å². The van der Waals surface area contributed by atoms with Crippen LogP contribution in [0, 0.1) is 5.92 Å². The minimum Gasteiger partial charge on any atom is -0.497 e. The SMILES string of the molecule is COc1ccc(OC)c(-c2cc(CN(C(=O)C3CCCC3)C(C)C)no2)c1. The summed E-state index contributed by atoms with van der Waals surface area (Å²) in [6, 6.07) is 7.51. The van der Waals surface area contributed by atoms with Gasteiger partial charge in [0, 0.05) is 18.0 Å². The lowest BCUT2D eigenvalue weighted by Gasteiger charge is -2.28. The van der Waals surface area contributed by atoms with E-state index >= 15 is 0 Å². The molecule has 0 N–H and O–H groups in total. The third-order valence-corrected chi connectivity index (χ3v) is 5.17. The molecule has 2 aromatic rings. The van der Waals surface area contributed by atoms with Gasteiger partial charge in [-0.25, -0.2) is 0 Å². The quantitative estimate of drug-likeness (QED) is 0.725. The monoisotopic (exact) mass is 372 g/mol. The van der Waals surface area contributed by atoms with E-state index in [-0.39, 0.29) is 17.9 Å². The predicted octanol–water partition coefficient (Wildman–Crippen LogP) is 4.29. The van der Waals surface area contributed by atoms with E-state index in [1.807, 2.05) is 43.0 Å². The lowest BCUT2D eigenvalue weighted by atomic mass is 10.1. The van der Waals surface area contributed by atoms with Gasteiger partial charge in [0.25, 0.3) is 0 Å². The second-order valence-electron chi connectivity index (χ2n) is 7.29. The molecule has 146 valence electrons. The van der Waals surface area contributed by atoms with Crippen molar-refractivity contribution in [1.29, 1.82) is 0 Å². The molecule has 1 fully saturated rings. The van der Waals surface area contributed by atoms with Crippen molar-refractivity contribution in [2.45, 2.75) is 52.1 Å². The highest BCUT2D eigenvalue weighted by Gasteiger charge is 2.29. The zero-order chi connectivity index (χ0) is 19.4. The summed E-state index contributed by atoms with van der Waals surface area (Å²) in [4.78, 5) is 14.8. The summed E-state index contributed by atoms with van der Waals surface area (Å²) in [6.45, 7) is 4.53. The minimum atomic E-state index is 0.115. The summed E-state index contributed by atoms with van der Waals surface area (Å²) in [6.07, 6.45) is 4.28. The van der Waals surface area contributed by atoms with E-state index in [1.54, 1.807) is 14.2 Å². The molecule has 3 rings (SSSR count). The summed E-state index contributed by atoms with van der Waals surface area (Å²) < 4.78 is 16.3. The van der Waals surface area contributed by atoms with Crippen molar-refractivity contribution in [1.82, 2.24) is 10.1 Å². The molecule has 1 heterocycles. The van der Waals surface area contributed by atoms with Crippen molar-refractivity contribution in [2.24, 2.45) is 5.92 Å². The van der Waals surface area contributed by atoms with Gasteiger partial charge in [-0.3, -0.25) is 4.79 Å². The van der Waals surface area contributed by atoms with Crippen LogP contribution in [0.5, 0.6) is 11.5 Å². The molecule has 1 aromatic heterocycles. The third kappa shape index (κ3) is 4.26. The normalized spacial score (nSPS) is 14.6. The standard InChI is InChI=1S/C21H28N2O4/c1-14(2)23(21(24)15-7-5-6-8-15)13-16-11-20(27-22-16)18-12-17(25-3)9-10-19(18)26-4/h9-12,14-15H,5-8,13H2,1-4H3. The molecule has 27 heavy (non-hydrogen) atoms. The Kier molecular flexibility index (Phi) is 6.04. The van der Waals surface area contributed by atoms with Gasteiger partial charge in [-0.1, -0.05) is 18.0 Å². The smallest absolute Gasteiger partial charge is 0.226 e. The molecule has 6 nitrogen and oxygen atoms in total. The Bertz CT molecular complexity index is 778. The molecule has 0 radical (unpaired) electrons. The number of methoxy groups -OCH3 is 2. The van der Waals surface area contributed by atoms with Gasteiger partial charge >= 0.3 is 0 Å². The van der Waals surface area contributed by atoms with Gasteiger partial charge in [-0.05, 0) is 44.9 Å². The lowest BCUT2D eigenvalue weighted by Crippen LogP contribution is -2.39. The molecule has 0 atom stereocenters. The highest BCUT2D eigenvalue weighted by atomic mass is 16.5. The van der Waals surface area contributed by atoms with Crippen LogP contribution in [0.3, 0.4) is 0 Å². The summed E-state index contributed by atoms with van der Waals surface area (Å²) in [5, 5.41) is 4.19. The van der Waals surface area contributed by atoms with E-state index in [2.05, 4.69) is 5.16 Å². The molecule has 0 saturated heterocycles. The van der Waals surface area contributed by atoms with Crippen molar-refractivity contribution in [2.75, 3.05) is 14.2 Å². The Morgan fingerprint density at radius 3 is 2.59 bits per heavy atom. The summed E-state index contributed by atoms with van der Waals surface area (Å²) in [5.74, 6) is 2.37. The summed E-state index contributed by atoms with van der Waals surface area (Å²) >= 11 is 0. The number of carbonyl (C=O) groups is 1. The number of nitrogens with zero attached hydrogens (tertiary/aromatic N) is 2. The summed E-state index contributed by atoms with van der Waals surface area (Å²) in [7, 11) is 3.23. The molecule has 0 aliphatic heterocycles. The van der Waals surface area contributed by atoms with E-state index in [0.717, 1.165) is 36.9 Å². The molecule has 1 amide bonds. The van der Waals surface area contributed by atoms with E-state index in [1.165, 1.54) is 0 Å². The zero-order valence-corrected chi connectivity index (χ0v) is 16.5. The molecular formula is C21H28N2O4. The Morgan fingerprint density at radius 2 is 1.96 bits per heavy atom. The zero-order valence-electron chi connectivity index (χ0n) is 16.5. The molecule has 0 bridgehead atoms. The molecule has 0 unspecified atom stereocenters. The molecule has 6 heteroatoms. The van der Waals surface area contributed by atoms with Crippen LogP contribution in [0.15, 0.2) is 28.8 Å². The topological polar surface area (TPSA) is 64.8 Å². The number of ether oxygens (including phenoxy) is 2. The van der Waals surface area contributed by atoms with Crippen LogP contribution in [0.4, 0.5) is 0 Å². The lowest BCUT2D eigenvalue weighted by molar-refractivity contribution is -0.137. The number of hydrogen-bond donors (Lipinski definition) is 0. The van der Waals surface area contributed by atoms with Crippen LogP contribution in [0.2, 0.25) is 0 Å². The van der Waals surface area contributed by atoms with Crippen LogP contribution in [0.1, 0.15) is 45.2 Å². The first-order valence-electron chi connectivity index (χ1n) is 9.52. The van der Waals surface area contributed by atoms with Crippen molar-refractivity contribution in [3.63, 3.8) is 0 Å². The van der Waals surface area contributed by atoms with E-state index < -0.39 is 0 Å². The van der Waals surface area contributed by atoms with Crippen LogP contribution in [-0.4, -0.2) is 36.2 Å². The fourth-order valence-electron chi connectivity index (χ4n) is 3.62. The third-order valence-electron chi connectivity index (χ3n) is 5.17. The largest absolute Gasteiger partial charge is 0.497 e. The number of aromatic nitrogens is 1. The fourth-order valence-corrected chi connectivity index (χ4v) is 3.62. The highest BCUT2D eigenvalue weighted by Crippen LogP contribution is 2.34. The first-order valence-corrected chi connectivity index (χ1v) is 9.52. The van der Waals surface area contributed by atoms with E-state index in [4.69, 9.17) is 14.0 Å². The maximum Gasteiger partial charge on any atom is 0.226 e. The molecule has 1 aliphatic carbocycles. The van der Waals surface area contributed by atoms with Crippen molar-refractivity contribution >= 4 is 5.91 Å². The van der Waals surface area contributed by atoms with E-state index in [0.29, 0.717) is 23.8 Å². The van der Waals surface area contributed by atoms with Gasteiger partial charge in [-0.15, -0.1) is 0 Å². The van der Waals surface area contributed by atoms with Gasteiger partial charge in [0.05, 0.1) is 26.3 Å². The van der Waals surface area contributed by atoms with E-state index in [9.17, 15) is 4.79 Å². The van der Waals surface area contributed by atoms with Gasteiger partial charge in [0.2, 0.25) is 5.91 Å². The second-order valence-corrected chi connectivity index (χ2v) is 7.29. The average molecular weight is 372 g/mol. The number of carbonyl (C=O) groups excluding carboxylic acids is 1. The van der Waals surface area contributed by atoms with Gasteiger partial charge in [0.15, 0.2) is 5.76 Å². The number of hydrogen-bond acceptors (Lipinski definition) is 5. The van der Waals surface area contributed by atoms with Crippen molar-refractivity contribution in [3.8, 4) is 22.8 Å². The predicted molar refractivity (Wildman–Crippen MR) is 103 cm³/mol. The van der Waals surface area contributed by atoms with Crippen LogP contribution < -0.4 is 9.47 Å². The van der Waals surface area contributed by atoms with Gasteiger partial charge in [0.1, 0.15) is 17.2 Å². The van der Waals surface area contributed by atoms with Crippen molar-refractivity contribution in [3.05, 3.63) is 30.0 Å². The Balaban J connectivity index is 1.81. The Morgan fingerprint density at radius 1 is 1.22 bits per heavy atom. The number of benzene rings is 1. The fraction of sp³-hybridized carbons (Fsp3) is 0.524. The molecule has 1 saturated carbocycles. The van der Waals surface area contributed by atoms with Crippen molar-refractivity contribution < 1.29 is 18.8 Å². The maximum absolute atomic E-state index is 12.9.